The van der Waals surface area contributed by atoms with E-state index < -0.39 is 10.8 Å². The molecule has 0 fully saturated rings. The van der Waals surface area contributed by atoms with Crippen LogP contribution in [0.1, 0.15) is 24.8 Å². The summed E-state index contributed by atoms with van der Waals surface area (Å²) in [4.78, 5) is 21.6. The number of hydrogen-bond donors (Lipinski definition) is 0. The molecule has 0 heterocycles. The molecule has 0 saturated heterocycles. The van der Waals surface area contributed by atoms with Gasteiger partial charge in [-0.15, -0.1) is 0 Å². The second-order valence-corrected chi connectivity index (χ2v) is 4.20. The van der Waals surface area contributed by atoms with Crippen molar-refractivity contribution in [3.8, 4) is 11.5 Å². The summed E-state index contributed by atoms with van der Waals surface area (Å²) in [5.74, 6) is 0.323. The van der Waals surface area contributed by atoms with Gasteiger partial charge in [0.05, 0.1) is 20.1 Å². The molecule has 1 atom stereocenters. The Kier molecular flexibility index (Phi) is 5.29. The summed E-state index contributed by atoms with van der Waals surface area (Å²) < 4.78 is 10.4. The molecule has 1 rings (SSSR count). The predicted octanol–water partition coefficient (Wildman–Crippen LogP) is 2.04. The molecule has 19 heavy (non-hydrogen) atoms. The van der Waals surface area contributed by atoms with Gasteiger partial charge < -0.3 is 14.3 Å². The Morgan fingerprint density at radius 1 is 1.37 bits per heavy atom. The second-order valence-electron chi connectivity index (χ2n) is 4.20. The molecule has 0 amide bonds. The third kappa shape index (κ3) is 3.94. The summed E-state index contributed by atoms with van der Waals surface area (Å²) in [5, 5.41) is 10.7. The SMILES string of the molecule is COc1cccc([C@H](CC(C)=O)C[N+](=O)[O-])c1OC. The molecule has 0 aliphatic heterocycles. The van der Waals surface area contributed by atoms with Gasteiger partial charge in [-0.25, -0.2) is 0 Å². The van der Waals surface area contributed by atoms with Crippen LogP contribution < -0.4 is 9.47 Å². The number of methoxy groups -OCH3 is 2. The molecule has 104 valence electrons. The molecule has 6 heteroatoms. The molecular formula is C13H17NO5. The first kappa shape index (κ1) is 14.9. The zero-order valence-corrected chi connectivity index (χ0v) is 11.2. The van der Waals surface area contributed by atoms with Crippen molar-refractivity contribution in [2.75, 3.05) is 20.8 Å². The third-order valence-corrected chi connectivity index (χ3v) is 2.78. The van der Waals surface area contributed by atoms with E-state index in [0.717, 1.165) is 0 Å². The van der Waals surface area contributed by atoms with Gasteiger partial charge in [0.1, 0.15) is 5.78 Å². The Bertz CT molecular complexity index is 456. The summed E-state index contributed by atoms with van der Waals surface area (Å²) in [6.45, 7) is 1.10. The van der Waals surface area contributed by atoms with Gasteiger partial charge in [-0.05, 0) is 13.0 Å². The van der Waals surface area contributed by atoms with Crippen LogP contribution in [0.25, 0.3) is 0 Å². The first-order valence-electron chi connectivity index (χ1n) is 5.81. The van der Waals surface area contributed by atoms with E-state index in [9.17, 15) is 14.9 Å². The zero-order chi connectivity index (χ0) is 14.4. The molecule has 0 bridgehead atoms. The lowest BCUT2D eigenvalue weighted by Crippen LogP contribution is -2.16. The number of nitrogens with zero attached hydrogens (tertiary/aromatic N) is 1. The van der Waals surface area contributed by atoms with Crippen LogP contribution in [-0.2, 0) is 4.79 Å². The van der Waals surface area contributed by atoms with Gasteiger partial charge in [-0.3, -0.25) is 10.1 Å². The average Bonchev–Trinajstić information content (AvgIpc) is 2.35. The van der Waals surface area contributed by atoms with Crippen molar-refractivity contribution in [2.45, 2.75) is 19.3 Å². The molecule has 1 aromatic carbocycles. The van der Waals surface area contributed by atoms with Crippen molar-refractivity contribution in [1.29, 1.82) is 0 Å². The highest BCUT2D eigenvalue weighted by molar-refractivity contribution is 5.76. The van der Waals surface area contributed by atoms with E-state index in [4.69, 9.17) is 9.47 Å². The molecule has 0 aromatic heterocycles. The van der Waals surface area contributed by atoms with E-state index in [1.54, 1.807) is 18.2 Å². The van der Waals surface area contributed by atoms with E-state index in [-0.39, 0.29) is 18.7 Å². The molecule has 0 aliphatic rings. The number of nitro groups is 1. The normalized spacial score (nSPS) is 11.7. The van der Waals surface area contributed by atoms with Gasteiger partial charge in [0.15, 0.2) is 11.5 Å². The van der Waals surface area contributed by atoms with E-state index >= 15 is 0 Å². The van der Waals surface area contributed by atoms with Gasteiger partial charge >= 0.3 is 0 Å². The Labute approximate surface area is 111 Å². The molecule has 6 nitrogen and oxygen atoms in total. The lowest BCUT2D eigenvalue weighted by atomic mass is 9.93. The Morgan fingerprint density at radius 3 is 2.53 bits per heavy atom. The topological polar surface area (TPSA) is 78.7 Å². The number of carbonyl (C=O) groups excluding carboxylic acids is 1. The van der Waals surface area contributed by atoms with Crippen molar-refractivity contribution in [3.63, 3.8) is 0 Å². The lowest BCUT2D eigenvalue weighted by Gasteiger charge is -2.17. The smallest absolute Gasteiger partial charge is 0.211 e. The largest absolute Gasteiger partial charge is 0.493 e. The fraction of sp³-hybridized carbons (Fsp3) is 0.462. The number of para-hydroxylation sites is 1. The fourth-order valence-electron chi connectivity index (χ4n) is 2.03. The summed E-state index contributed by atoms with van der Waals surface area (Å²) in [6.07, 6.45) is 0.102. The lowest BCUT2D eigenvalue weighted by molar-refractivity contribution is -0.483. The standard InChI is InChI=1S/C13H17NO5/c1-9(15)7-10(8-14(16)17)11-5-4-6-12(18-2)13(11)19-3/h4-6,10H,7-8H2,1-3H3/t10-/m1/s1. The van der Waals surface area contributed by atoms with Crippen molar-refractivity contribution in [3.05, 3.63) is 33.9 Å². The summed E-state index contributed by atoms with van der Waals surface area (Å²) >= 11 is 0. The van der Waals surface area contributed by atoms with Gasteiger partial charge in [0.25, 0.3) is 0 Å². The molecule has 0 spiro atoms. The Morgan fingerprint density at radius 2 is 2.05 bits per heavy atom. The first-order valence-corrected chi connectivity index (χ1v) is 5.81. The third-order valence-electron chi connectivity index (χ3n) is 2.78. The summed E-state index contributed by atoms with van der Waals surface area (Å²) in [5.41, 5.74) is 0.619. The second kappa shape index (κ2) is 6.72. The molecule has 0 radical (unpaired) electrons. The minimum absolute atomic E-state index is 0.100. The summed E-state index contributed by atoms with van der Waals surface area (Å²) in [6, 6.07) is 5.15. The van der Waals surface area contributed by atoms with E-state index in [2.05, 4.69) is 0 Å². The number of ketones is 1. The molecule has 0 saturated carbocycles. The van der Waals surface area contributed by atoms with Crippen LogP contribution in [0.2, 0.25) is 0 Å². The number of rotatable bonds is 7. The quantitative estimate of drug-likeness (QED) is 0.558. The van der Waals surface area contributed by atoms with Gasteiger partial charge in [-0.2, -0.15) is 0 Å². The molecule has 0 unspecified atom stereocenters. The number of benzene rings is 1. The minimum Gasteiger partial charge on any atom is -0.493 e. The molecule has 0 aliphatic carbocycles. The van der Waals surface area contributed by atoms with E-state index in [1.807, 2.05) is 0 Å². The van der Waals surface area contributed by atoms with Crippen LogP contribution in [0, 0.1) is 10.1 Å². The van der Waals surface area contributed by atoms with Crippen molar-refractivity contribution in [1.82, 2.24) is 0 Å². The van der Waals surface area contributed by atoms with Crippen LogP contribution in [0.3, 0.4) is 0 Å². The van der Waals surface area contributed by atoms with Crippen LogP contribution >= 0.6 is 0 Å². The first-order chi connectivity index (χ1) is 8.99. The van der Waals surface area contributed by atoms with Crippen molar-refractivity contribution in [2.24, 2.45) is 0 Å². The van der Waals surface area contributed by atoms with Crippen LogP contribution in [0.4, 0.5) is 0 Å². The summed E-state index contributed by atoms with van der Waals surface area (Å²) in [7, 11) is 2.97. The van der Waals surface area contributed by atoms with Crippen LogP contribution in [0.15, 0.2) is 18.2 Å². The maximum Gasteiger partial charge on any atom is 0.211 e. The van der Waals surface area contributed by atoms with Crippen LogP contribution in [0.5, 0.6) is 11.5 Å². The van der Waals surface area contributed by atoms with Gasteiger partial charge in [0.2, 0.25) is 6.54 Å². The fourth-order valence-corrected chi connectivity index (χ4v) is 2.03. The van der Waals surface area contributed by atoms with E-state index in [1.165, 1.54) is 21.1 Å². The predicted molar refractivity (Wildman–Crippen MR) is 69.4 cm³/mol. The van der Waals surface area contributed by atoms with Crippen molar-refractivity contribution >= 4 is 5.78 Å². The number of carbonyl (C=O) groups is 1. The maximum atomic E-state index is 11.3. The zero-order valence-electron chi connectivity index (χ0n) is 11.2. The Hall–Kier alpha value is -2.11. The molecular weight excluding hydrogens is 250 g/mol. The van der Waals surface area contributed by atoms with Gasteiger partial charge in [-0.1, -0.05) is 12.1 Å². The Balaban J connectivity index is 3.20. The highest BCUT2D eigenvalue weighted by atomic mass is 16.6. The van der Waals surface area contributed by atoms with Crippen LogP contribution in [-0.4, -0.2) is 31.5 Å². The number of hydrogen-bond acceptors (Lipinski definition) is 5. The van der Waals surface area contributed by atoms with E-state index in [0.29, 0.717) is 17.1 Å². The number of ether oxygens (including phenoxy) is 2. The number of Topliss-reactive ketones (excluding diaryl/α,β-unsaturated/α-hetero) is 1. The minimum atomic E-state index is -0.516. The van der Waals surface area contributed by atoms with Gasteiger partial charge in [0, 0.05) is 16.9 Å². The molecule has 0 N–H and O–H groups in total. The maximum absolute atomic E-state index is 11.3. The average molecular weight is 267 g/mol. The monoisotopic (exact) mass is 267 g/mol. The molecule has 1 aromatic rings. The van der Waals surface area contributed by atoms with Crippen molar-refractivity contribution < 1.29 is 19.2 Å². The highest BCUT2D eigenvalue weighted by Gasteiger charge is 2.24. The highest BCUT2D eigenvalue weighted by Crippen LogP contribution is 2.36.